The number of methoxy groups -OCH3 is 1. The summed E-state index contributed by atoms with van der Waals surface area (Å²) in [6, 6.07) is 0. The van der Waals surface area contributed by atoms with E-state index in [0.717, 1.165) is 6.54 Å². The second-order valence-corrected chi connectivity index (χ2v) is 3.10. The number of ether oxygens (including phenoxy) is 1. The van der Waals surface area contributed by atoms with Gasteiger partial charge in [0, 0.05) is 31.3 Å². The van der Waals surface area contributed by atoms with Gasteiger partial charge in [0.25, 0.3) is 0 Å². The molecule has 62 valence electrons. The van der Waals surface area contributed by atoms with Crippen molar-refractivity contribution in [3.05, 3.63) is 18.7 Å². The Hall–Kier alpha value is -0.480. The Labute approximate surface area is 71.8 Å². The fourth-order valence-corrected chi connectivity index (χ4v) is 1.22. The van der Waals surface area contributed by atoms with E-state index in [-0.39, 0.29) is 5.25 Å². The Morgan fingerprint density at radius 1 is 1.73 bits per heavy atom. The molecule has 0 aliphatic carbocycles. The monoisotopic (exact) mass is 172 g/mol. The topological polar surface area (TPSA) is 27.1 Å². The minimum Gasteiger partial charge on any atom is -0.383 e. The summed E-state index contributed by atoms with van der Waals surface area (Å²) >= 11 is 4.32. The minimum absolute atomic E-state index is 0.245. The second-order valence-electron chi connectivity index (χ2n) is 2.37. The Morgan fingerprint density at radius 2 is 2.55 bits per heavy atom. The molecule has 1 heterocycles. The van der Waals surface area contributed by atoms with Crippen LogP contribution in [-0.4, -0.2) is 28.5 Å². The molecule has 1 aromatic rings. The van der Waals surface area contributed by atoms with Crippen LogP contribution in [0.1, 0.15) is 0 Å². The molecule has 3 nitrogen and oxygen atoms in total. The van der Waals surface area contributed by atoms with Crippen LogP contribution < -0.4 is 0 Å². The molecule has 1 rings (SSSR count). The molecule has 4 heteroatoms. The minimum atomic E-state index is 0.245. The number of hydrogen-bond donors (Lipinski definition) is 1. The first-order valence-electron chi connectivity index (χ1n) is 3.45. The van der Waals surface area contributed by atoms with Gasteiger partial charge in [-0.05, 0) is 0 Å². The lowest BCUT2D eigenvalue weighted by atomic mass is 10.4. The van der Waals surface area contributed by atoms with Gasteiger partial charge in [0.05, 0.1) is 12.9 Å². The fraction of sp³-hybridized carbons (Fsp3) is 0.571. The van der Waals surface area contributed by atoms with Gasteiger partial charge in [0.2, 0.25) is 0 Å². The van der Waals surface area contributed by atoms with Crippen LogP contribution in [0.2, 0.25) is 0 Å². The molecule has 1 unspecified atom stereocenters. The van der Waals surface area contributed by atoms with Crippen molar-refractivity contribution in [3.63, 3.8) is 0 Å². The predicted octanol–water partition coefficient (Wildman–Crippen LogP) is 0.828. The van der Waals surface area contributed by atoms with Crippen molar-refractivity contribution in [1.29, 1.82) is 0 Å². The van der Waals surface area contributed by atoms with E-state index in [1.807, 2.05) is 10.8 Å². The Bertz CT molecular complexity index is 188. The van der Waals surface area contributed by atoms with E-state index in [4.69, 9.17) is 4.74 Å². The first kappa shape index (κ1) is 8.62. The van der Waals surface area contributed by atoms with Gasteiger partial charge in [-0.15, -0.1) is 0 Å². The highest BCUT2D eigenvalue weighted by Crippen LogP contribution is 1.99. The van der Waals surface area contributed by atoms with Crippen LogP contribution in [0.5, 0.6) is 0 Å². The van der Waals surface area contributed by atoms with Crippen LogP contribution in [0, 0.1) is 0 Å². The van der Waals surface area contributed by atoms with Gasteiger partial charge in [-0.1, -0.05) is 0 Å². The molecule has 0 bridgehead atoms. The number of hydrogen-bond acceptors (Lipinski definition) is 3. The molecule has 0 saturated carbocycles. The van der Waals surface area contributed by atoms with E-state index < -0.39 is 0 Å². The Morgan fingerprint density at radius 3 is 3.09 bits per heavy atom. The molecule has 0 saturated heterocycles. The summed E-state index contributed by atoms with van der Waals surface area (Å²) in [5.74, 6) is 0. The maximum atomic E-state index is 4.94. The van der Waals surface area contributed by atoms with E-state index in [1.54, 1.807) is 19.6 Å². The maximum Gasteiger partial charge on any atom is 0.0946 e. The number of aromatic nitrogens is 2. The maximum absolute atomic E-state index is 4.94. The van der Waals surface area contributed by atoms with Gasteiger partial charge in [-0.2, -0.15) is 12.6 Å². The molecular formula is C7H12N2OS. The summed E-state index contributed by atoms with van der Waals surface area (Å²) in [5.41, 5.74) is 0. The van der Waals surface area contributed by atoms with Gasteiger partial charge in [0.1, 0.15) is 0 Å². The first-order valence-corrected chi connectivity index (χ1v) is 3.97. The summed E-state index contributed by atoms with van der Waals surface area (Å²) in [4.78, 5) is 3.92. The third-order valence-corrected chi connectivity index (χ3v) is 1.65. The number of thiol groups is 1. The van der Waals surface area contributed by atoms with Crippen molar-refractivity contribution >= 4 is 12.6 Å². The number of nitrogens with zero attached hydrogens (tertiary/aromatic N) is 2. The van der Waals surface area contributed by atoms with Gasteiger partial charge in [0.15, 0.2) is 0 Å². The standard InChI is InChI=1S/C7H12N2OS/c1-10-5-7(11)4-9-3-2-8-6-9/h2-3,6-7,11H,4-5H2,1H3. The third-order valence-electron chi connectivity index (χ3n) is 1.34. The Kier molecular flexibility index (Phi) is 3.45. The molecule has 11 heavy (non-hydrogen) atoms. The highest BCUT2D eigenvalue weighted by molar-refractivity contribution is 7.81. The number of imidazole rings is 1. The summed E-state index contributed by atoms with van der Waals surface area (Å²) in [6.07, 6.45) is 5.45. The summed E-state index contributed by atoms with van der Waals surface area (Å²) in [6.45, 7) is 1.51. The molecule has 0 aliphatic heterocycles. The smallest absolute Gasteiger partial charge is 0.0946 e. The van der Waals surface area contributed by atoms with Crippen LogP contribution in [0.3, 0.4) is 0 Å². The van der Waals surface area contributed by atoms with Crippen molar-refractivity contribution in [2.45, 2.75) is 11.8 Å². The highest BCUT2D eigenvalue weighted by atomic mass is 32.1. The lowest BCUT2D eigenvalue weighted by Gasteiger charge is -2.08. The van der Waals surface area contributed by atoms with Crippen molar-refractivity contribution in [3.8, 4) is 0 Å². The summed E-state index contributed by atoms with van der Waals surface area (Å²) in [7, 11) is 1.68. The largest absolute Gasteiger partial charge is 0.383 e. The predicted molar refractivity (Wildman–Crippen MR) is 46.9 cm³/mol. The molecule has 0 amide bonds. The molecular weight excluding hydrogens is 160 g/mol. The molecule has 0 aromatic carbocycles. The average molecular weight is 172 g/mol. The number of rotatable bonds is 4. The van der Waals surface area contributed by atoms with E-state index in [1.165, 1.54) is 0 Å². The third kappa shape index (κ3) is 2.95. The molecule has 0 fully saturated rings. The zero-order valence-electron chi connectivity index (χ0n) is 6.47. The summed E-state index contributed by atoms with van der Waals surface area (Å²) in [5, 5.41) is 0.245. The van der Waals surface area contributed by atoms with Crippen LogP contribution in [0.4, 0.5) is 0 Å². The normalized spacial score (nSPS) is 13.3. The molecule has 1 atom stereocenters. The molecule has 0 spiro atoms. The van der Waals surface area contributed by atoms with Crippen molar-refractivity contribution in [1.82, 2.24) is 9.55 Å². The molecule has 0 aliphatic rings. The quantitative estimate of drug-likeness (QED) is 0.681. The first-order chi connectivity index (χ1) is 5.33. The fourth-order valence-electron chi connectivity index (χ4n) is 0.883. The second kappa shape index (κ2) is 4.41. The van der Waals surface area contributed by atoms with Crippen molar-refractivity contribution in [2.75, 3.05) is 13.7 Å². The van der Waals surface area contributed by atoms with Crippen LogP contribution >= 0.6 is 12.6 Å². The van der Waals surface area contributed by atoms with E-state index >= 15 is 0 Å². The zero-order chi connectivity index (χ0) is 8.10. The van der Waals surface area contributed by atoms with E-state index in [9.17, 15) is 0 Å². The molecule has 1 aromatic heterocycles. The molecule has 0 radical (unpaired) electrons. The van der Waals surface area contributed by atoms with Gasteiger partial charge in [-0.25, -0.2) is 4.98 Å². The Balaban J connectivity index is 2.31. The van der Waals surface area contributed by atoms with Crippen molar-refractivity contribution in [2.24, 2.45) is 0 Å². The lowest BCUT2D eigenvalue weighted by Crippen LogP contribution is -2.14. The molecule has 0 N–H and O–H groups in total. The lowest BCUT2D eigenvalue weighted by molar-refractivity contribution is 0.195. The van der Waals surface area contributed by atoms with Gasteiger partial charge < -0.3 is 9.30 Å². The SMILES string of the molecule is COCC(S)Cn1ccnc1. The van der Waals surface area contributed by atoms with E-state index in [2.05, 4.69) is 17.6 Å². The summed E-state index contributed by atoms with van der Waals surface area (Å²) < 4.78 is 6.93. The van der Waals surface area contributed by atoms with Crippen LogP contribution in [0.15, 0.2) is 18.7 Å². The van der Waals surface area contributed by atoms with Gasteiger partial charge >= 0.3 is 0 Å². The average Bonchev–Trinajstić information content (AvgIpc) is 2.40. The van der Waals surface area contributed by atoms with Crippen LogP contribution in [-0.2, 0) is 11.3 Å². The van der Waals surface area contributed by atoms with Crippen LogP contribution in [0.25, 0.3) is 0 Å². The highest BCUT2D eigenvalue weighted by Gasteiger charge is 2.01. The van der Waals surface area contributed by atoms with Crippen molar-refractivity contribution < 1.29 is 4.74 Å². The zero-order valence-corrected chi connectivity index (χ0v) is 7.37. The van der Waals surface area contributed by atoms with E-state index in [0.29, 0.717) is 6.61 Å². The van der Waals surface area contributed by atoms with Gasteiger partial charge in [-0.3, -0.25) is 0 Å².